The number of carbonyl (C=O) groups is 2. The molecule has 3 heterocycles. The molecule has 1 N–H and O–H groups in total. The van der Waals surface area contributed by atoms with Gasteiger partial charge in [-0.2, -0.15) is 18.4 Å². The second-order valence-electron chi connectivity index (χ2n) is 7.07. The minimum Gasteiger partial charge on any atom is -0.492 e. The standard InChI is InChI=1S/C21H20F3N5O3/c1-2-3-9-32-16-10-17(26-12-14(16)11-25)28-20(31)29-8-4-5-13-6-7-15(27-19(13)29)18(30)21(22,23)24/h6-7,10,12H,2-5,8-9H2,1H3,(H,26,28,31). The Morgan fingerprint density at radius 2 is 2.12 bits per heavy atom. The first-order valence-electron chi connectivity index (χ1n) is 9.97. The molecular weight excluding hydrogens is 427 g/mol. The van der Waals surface area contributed by atoms with Crippen molar-refractivity contribution in [1.82, 2.24) is 9.97 Å². The van der Waals surface area contributed by atoms with Crippen LogP contribution in [0.4, 0.5) is 29.6 Å². The lowest BCUT2D eigenvalue weighted by Gasteiger charge is -2.28. The number of nitriles is 1. The van der Waals surface area contributed by atoms with Crippen molar-refractivity contribution in [3.8, 4) is 11.8 Å². The van der Waals surface area contributed by atoms with Gasteiger partial charge in [0.25, 0.3) is 5.78 Å². The Morgan fingerprint density at radius 3 is 2.81 bits per heavy atom. The number of Topliss-reactive ketones (excluding diaryl/α,β-unsaturated/α-hetero) is 1. The van der Waals surface area contributed by atoms with E-state index in [0.29, 0.717) is 25.0 Å². The fraction of sp³-hybridized carbons (Fsp3) is 0.381. The molecule has 0 unspecified atom stereocenters. The Morgan fingerprint density at radius 1 is 1.34 bits per heavy atom. The van der Waals surface area contributed by atoms with Gasteiger partial charge < -0.3 is 4.74 Å². The van der Waals surface area contributed by atoms with Crippen molar-refractivity contribution in [3.63, 3.8) is 0 Å². The van der Waals surface area contributed by atoms with E-state index in [-0.39, 0.29) is 29.5 Å². The van der Waals surface area contributed by atoms with Crippen LogP contribution in [0.15, 0.2) is 24.4 Å². The number of amides is 2. The summed E-state index contributed by atoms with van der Waals surface area (Å²) in [4.78, 5) is 33.4. The van der Waals surface area contributed by atoms with Crippen molar-refractivity contribution in [3.05, 3.63) is 41.2 Å². The van der Waals surface area contributed by atoms with Gasteiger partial charge in [-0.15, -0.1) is 0 Å². The van der Waals surface area contributed by atoms with E-state index < -0.39 is 23.7 Å². The summed E-state index contributed by atoms with van der Waals surface area (Å²) in [5, 5.41) is 11.8. The number of ketones is 1. The summed E-state index contributed by atoms with van der Waals surface area (Å²) in [5.41, 5.74) is -0.0139. The van der Waals surface area contributed by atoms with E-state index in [4.69, 9.17) is 4.74 Å². The number of ether oxygens (including phenoxy) is 1. The summed E-state index contributed by atoms with van der Waals surface area (Å²) < 4.78 is 44.0. The van der Waals surface area contributed by atoms with E-state index in [1.807, 2.05) is 13.0 Å². The SMILES string of the molecule is CCCCOc1cc(NC(=O)N2CCCc3ccc(C(=O)C(F)(F)F)nc32)ncc1C#N. The predicted molar refractivity (Wildman–Crippen MR) is 109 cm³/mol. The zero-order chi connectivity index (χ0) is 23.3. The van der Waals surface area contributed by atoms with Crippen LogP contribution in [-0.2, 0) is 6.42 Å². The fourth-order valence-corrected chi connectivity index (χ4v) is 3.12. The monoisotopic (exact) mass is 447 g/mol. The highest BCUT2D eigenvalue weighted by Gasteiger charge is 2.41. The molecule has 3 rings (SSSR count). The number of alkyl halides is 3. The summed E-state index contributed by atoms with van der Waals surface area (Å²) in [7, 11) is 0. The highest BCUT2D eigenvalue weighted by Crippen LogP contribution is 2.29. The number of nitrogens with one attached hydrogen (secondary N) is 1. The Balaban J connectivity index is 1.83. The molecule has 0 saturated carbocycles. The number of aromatic nitrogens is 2. The van der Waals surface area contributed by atoms with Crippen molar-refractivity contribution in [2.24, 2.45) is 0 Å². The number of pyridine rings is 2. The van der Waals surface area contributed by atoms with E-state index in [1.54, 1.807) is 0 Å². The van der Waals surface area contributed by atoms with Gasteiger partial charge in [0.05, 0.1) is 12.8 Å². The maximum Gasteiger partial charge on any atom is 0.456 e. The number of hydrogen-bond acceptors (Lipinski definition) is 6. The molecule has 0 radical (unpaired) electrons. The fourth-order valence-electron chi connectivity index (χ4n) is 3.12. The largest absolute Gasteiger partial charge is 0.492 e. The average Bonchev–Trinajstić information content (AvgIpc) is 2.77. The number of unbranched alkanes of at least 4 members (excludes halogenated alkanes) is 1. The molecule has 0 bridgehead atoms. The Labute approximate surface area is 182 Å². The first-order valence-corrected chi connectivity index (χ1v) is 9.97. The zero-order valence-corrected chi connectivity index (χ0v) is 17.2. The van der Waals surface area contributed by atoms with E-state index in [2.05, 4.69) is 15.3 Å². The third kappa shape index (κ3) is 5.14. The van der Waals surface area contributed by atoms with Gasteiger partial charge in [0.15, 0.2) is 0 Å². The van der Waals surface area contributed by atoms with E-state index in [9.17, 15) is 28.0 Å². The van der Waals surface area contributed by atoms with Gasteiger partial charge in [-0.3, -0.25) is 15.0 Å². The number of fused-ring (bicyclic) bond motifs is 1. The van der Waals surface area contributed by atoms with Crippen LogP contribution < -0.4 is 15.0 Å². The van der Waals surface area contributed by atoms with Crippen LogP contribution in [0.5, 0.6) is 5.75 Å². The average molecular weight is 447 g/mol. The summed E-state index contributed by atoms with van der Waals surface area (Å²) in [5.74, 6) is -1.71. The molecule has 0 fully saturated rings. The number of aryl methyl sites for hydroxylation is 1. The summed E-state index contributed by atoms with van der Waals surface area (Å²) in [6.45, 7) is 2.58. The molecule has 2 aromatic rings. The molecule has 0 aliphatic carbocycles. The summed E-state index contributed by atoms with van der Waals surface area (Å²) in [6.07, 6.45) is -1.04. The van der Waals surface area contributed by atoms with E-state index >= 15 is 0 Å². The van der Waals surface area contributed by atoms with Crippen LogP contribution in [0.1, 0.15) is 47.8 Å². The lowest BCUT2D eigenvalue weighted by Crippen LogP contribution is -2.40. The number of rotatable bonds is 6. The maximum absolute atomic E-state index is 12.9. The van der Waals surface area contributed by atoms with Crippen LogP contribution in [0.25, 0.3) is 0 Å². The predicted octanol–water partition coefficient (Wildman–Crippen LogP) is 4.26. The molecule has 11 heteroatoms. The lowest BCUT2D eigenvalue weighted by molar-refractivity contribution is -0.0888. The van der Waals surface area contributed by atoms with E-state index in [0.717, 1.165) is 18.9 Å². The molecule has 8 nitrogen and oxygen atoms in total. The quantitative estimate of drug-likeness (QED) is 0.524. The van der Waals surface area contributed by atoms with Crippen molar-refractivity contribution >= 4 is 23.5 Å². The molecule has 0 atom stereocenters. The second kappa shape index (κ2) is 9.64. The first kappa shape index (κ1) is 23.0. The smallest absolute Gasteiger partial charge is 0.456 e. The topological polar surface area (TPSA) is 108 Å². The normalized spacial score (nSPS) is 13.2. The Bertz CT molecular complexity index is 1070. The molecule has 0 aromatic carbocycles. The van der Waals surface area contributed by atoms with Gasteiger partial charge in [0.2, 0.25) is 0 Å². The third-order valence-electron chi connectivity index (χ3n) is 4.75. The van der Waals surface area contributed by atoms with Crippen LogP contribution in [0.2, 0.25) is 0 Å². The molecule has 1 aliphatic rings. The van der Waals surface area contributed by atoms with Crippen LogP contribution >= 0.6 is 0 Å². The maximum atomic E-state index is 12.9. The van der Waals surface area contributed by atoms with Crippen LogP contribution in [-0.4, -0.2) is 41.1 Å². The summed E-state index contributed by atoms with van der Waals surface area (Å²) >= 11 is 0. The summed E-state index contributed by atoms with van der Waals surface area (Å²) in [6, 6.07) is 5.09. The van der Waals surface area contributed by atoms with Crippen molar-refractivity contribution in [2.45, 2.75) is 38.8 Å². The molecule has 2 amide bonds. The molecule has 1 aliphatic heterocycles. The van der Waals surface area contributed by atoms with Gasteiger partial charge in [0, 0.05) is 12.6 Å². The van der Waals surface area contributed by atoms with Crippen molar-refractivity contribution < 1.29 is 27.5 Å². The molecule has 0 saturated heterocycles. The second-order valence-corrected chi connectivity index (χ2v) is 7.07. The number of anilines is 2. The third-order valence-corrected chi connectivity index (χ3v) is 4.75. The number of hydrogen-bond donors (Lipinski definition) is 1. The molecular formula is C21H20F3N5O3. The van der Waals surface area contributed by atoms with Gasteiger partial charge in [-0.1, -0.05) is 19.4 Å². The number of halogens is 3. The molecule has 0 spiro atoms. The van der Waals surface area contributed by atoms with Gasteiger partial charge >= 0.3 is 12.2 Å². The van der Waals surface area contributed by atoms with Crippen molar-refractivity contribution in [2.75, 3.05) is 23.4 Å². The molecule has 2 aromatic heterocycles. The van der Waals surface area contributed by atoms with E-state index in [1.165, 1.54) is 23.2 Å². The molecule has 32 heavy (non-hydrogen) atoms. The minimum absolute atomic E-state index is 0.00286. The minimum atomic E-state index is -5.07. The van der Waals surface area contributed by atoms with Crippen LogP contribution in [0.3, 0.4) is 0 Å². The van der Waals surface area contributed by atoms with Gasteiger partial charge in [-0.25, -0.2) is 14.8 Å². The van der Waals surface area contributed by atoms with Crippen molar-refractivity contribution in [1.29, 1.82) is 5.26 Å². The van der Waals surface area contributed by atoms with Gasteiger partial charge in [-0.05, 0) is 30.9 Å². The zero-order valence-electron chi connectivity index (χ0n) is 17.2. The molecule has 168 valence electrons. The first-order chi connectivity index (χ1) is 15.2. The highest BCUT2D eigenvalue weighted by molar-refractivity contribution is 6.03. The van der Waals surface area contributed by atoms with Crippen LogP contribution in [0, 0.1) is 11.3 Å². The number of nitrogens with zero attached hydrogens (tertiary/aromatic N) is 4. The van der Waals surface area contributed by atoms with Gasteiger partial charge in [0.1, 0.15) is 34.7 Å². The Kier molecular flexibility index (Phi) is 6.92. The number of carbonyl (C=O) groups excluding carboxylic acids is 2. The highest BCUT2D eigenvalue weighted by atomic mass is 19.4. The number of urea groups is 1. The lowest BCUT2D eigenvalue weighted by atomic mass is 10.0. The Hall–Kier alpha value is -3.68.